The molecule has 1 aliphatic rings. The lowest BCUT2D eigenvalue weighted by molar-refractivity contribution is -0.121. The van der Waals surface area contributed by atoms with Crippen molar-refractivity contribution in [2.45, 2.75) is 0 Å². The van der Waals surface area contributed by atoms with Crippen molar-refractivity contribution in [3.05, 3.63) is 70.1 Å². The van der Waals surface area contributed by atoms with Crippen LogP contribution in [0.4, 0.5) is 5.69 Å². The third kappa shape index (κ3) is 5.10. The molecule has 2 aromatic carbocycles. The fourth-order valence-corrected chi connectivity index (χ4v) is 3.96. The van der Waals surface area contributed by atoms with Gasteiger partial charge in [0.1, 0.15) is 6.61 Å². The average Bonchev–Trinajstić information content (AvgIpc) is 3.00. The average molecular weight is 459 g/mol. The van der Waals surface area contributed by atoms with E-state index >= 15 is 0 Å². The van der Waals surface area contributed by atoms with Gasteiger partial charge in [-0.25, -0.2) is 9.79 Å². The van der Waals surface area contributed by atoms with E-state index in [1.54, 1.807) is 43.5 Å². The van der Waals surface area contributed by atoms with Gasteiger partial charge in [-0.2, -0.15) is 0 Å². The highest BCUT2D eigenvalue weighted by Crippen LogP contribution is 2.39. The number of amidine groups is 1. The van der Waals surface area contributed by atoms with Crippen LogP contribution in [-0.4, -0.2) is 47.8 Å². The number of benzene rings is 2. The number of aliphatic imine (C=N–C) groups is 1. The fourth-order valence-electron chi connectivity index (χ4n) is 2.70. The molecule has 9 heteroatoms. The van der Waals surface area contributed by atoms with E-state index in [0.29, 0.717) is 37.8 Å². The summed E-state index contributed by atoms with van der Waals surface area (Å²) in [5.41, 5.74) is 1.38. The Labute approximate surface area is 188 Å². The highest BCUT2D eigenvalue weighted by Gasteiger charge is 2.30. The summed E-state index contributed by atoms with van der Waals surface area (Å²) in [6.45, 7) is 3.89. The van der Waals surface area contributed by atoms with E-state index in [4.69, 9.17) is 26.2 Å². The molecular formula is C22H19ClN2O5S. The monoisotopic (exact) mass is 458 g/mol. The number of hydrogen-bond acceptors (Lipinski definition) is 6. The lowest BCUT2D eigenvalue weighted by Crippen LogP contribution is -2.23. The Kier molecular flexibility index (Phi) is 7.04. The molecule has 3 rings (SSSR count). The van der Waals surface area contributed by atoms with E-state index in [1.165, 1.54) is 35.9 Å². The second kappa shape index (κ2) is 9.72. The van der Waals surface area contributed by atoms with Crippen molar-refractivity contribution >= 4 is 52.2 Å². The quantitative estimate of drug-likeness (QED) is 0.471. The van der Waals surface area contributed by atoms with E-state index in [0.717, 1.165) is 0 Å². The molecule has 0 aliphatic carbocycles. The van der Waals surface area contributed by atoms with Crippen molar-refractivity contribution in [1.82, 2.24) is 4.90 Å². The first-order valence-corrected chi connectivity index (χ1v) is 10.2. The van der Waals surface area contributed by atoms with Crippen LogP contribution in [0, 0.1) is 0 Å². The number of amides is 1. The van der Waals surface area contributed by atoms with Crippen molar-refractivity contribution in [2.75, 3.05) is 20.8 Å². The maximum absolute atomic E-state index is 12.7. The van der Waals surface area contributed by atoms with Crippen LogP contribution >= 0.6 is 23.4 Å². The number of carbonyl (C=O) groups excluding carboxylic acids is 1. The molecule has 2 aromatic rings. The summed E-state index contributed by atoms with van der Waals surface area (Å²) in [5.74, 6) is -0.381. The zero-order valence-electron chi connectivity index (χ0n) is 16.8. The number of carboxylic acid groups (broad SMARTS) is 1. The highest BCUT2D eigenvalue weighted by molar-refractivity contribution is 8.18. The normalized spacial score (nSPS) is 16.1. The molecule has 7 nitrogen and oxygen atoms in total. The number of nitrogens with zero attached hydrogens (tertiary/aromatic N) is 2. The minimum atomic E-state index is -1.01. The van der Waals surface area contributed by atoms with Crippen LogP contribution in [0.1, 0.15) is 15.9 Å². The molecule has 1 amide bonds. The molecule has 0 atom stereocenters. The molecule has 0 radical (unpaired) electrons. The number of thioether (sulfide) groups is 1. The van der Waals surface area contributed by atoms with Crippen LogP contribution in [0.2, 0.25) is 5.02 Å². The standard InChI is InChI=1S/C22H19ClN2O5S/c1-4-9-30-19-16(23)10-13(11-17(19)29-3)12-18-20(26)25(2)22(31-18)24-15-7-5-14(6-8-15)21(27)28/h4-8,10-12H,1,9H2,2-3H3,(H,27,28)/b18-12+,24-22?. The number of aromatic carboxylic acids is 1. The Morgan fingerprint density at radius 2 is 2.03 bits per heavy atom. The van der Waals surface area contributed by atoms with Gasteiger partial charge in [0.2, 0.25) is 0 Å². The van der Waals surface area contributed by atoms with Crippen molar-refractivity contribution in [3.8, 4) is 11.5 Å². The molecule has 160 valence electrons. The number of halogens is 1. The molecule has 0 unspecified atom stereocenters. The topological polar surface area (TPSA) is 88.4 Å². The van der Waals surface area contributed by atoms with E-state index in [1.807, 2.05) is 0 Å². The number of ether oxygens (including phenoxy) is 2. The van der Waals surface area contributed by atoms with Crippen molar-refractivity contribution in [2.24, 2.45) is 4.99 Å². The fraction of sp³-hybridized carbons (Fsp3) is 0.136. The molecule has 0 bridgehead atoms. The Bertz CT molecular complexity index is 1100. The largest absolute Gasteiger partial charge is 0.493 e. The number of methoxy groups -OCH3 is 1. The number of rotatable bonds is 7. The van der Waals surface area contributed by atoms with Gasteiger partial charge in [-0.1, -0.05) is 24.3 Å². The van der Waals surface area contributed by atoms with Crippen LogP contribution in [0.15, 0.2) is 59.0 Å². The van der Waals surface area contributed by atoms with Gasteiger partial charge in [-0.05, 0) is 59.8 Å². The first-order chi connectivity index (χ1) is 14.8. The molecule has 0 aromatic heterocycles. The maximum atomic E-state index is 12.7. The Morgan fingerprint density at radius 1 is 1.32 bits per heavy atom. The molecule has 0 spiro atoms. The Balaban J connectivity index is 1.88. The molecule has 1 fully saturated rings. The van der Waals surface area contributed by atoms with Crippen LogP contribution in [-0.2, 0) is 4.79 Å². The van der Waals surface area contributed by atoms with Gasteiger partial charge in [0.15, 0.2) is 16.7 Å². The molecular weight excluding hydrogens is 440 g/mol. The van der Waals surface area contributed by atoms with E-state index in [2.05, 4.69) is 11.6 Å². The van der Waals surface area contributed by atoms with Crippen LogP contribution in [0.5, 0.6) is 11.5 Å². The van der Waals surface area contributed by atoms with Gasteiger partial charge in [0, 0.05) is 7.05 Å². The molecule has 0 saturated carbocycles. The van der Waals surface area contributed by atoms with Crippen LogP contribution in [0.25, 0.3) is 6.08 Å². The van der Waals surface area contributed by atoms with Gasteiger partial charge >= 0.3 is 5.97 Å². The smallest absolute Gasteiger partial charge is 0.335 e. The lowest BCUT2D eigenvalue weighted by Gasteiger charge is -2.12. The van der Waals surface area contributed by atoms with Gasteiger partial charge in [-0.3, -0.25) is 9.69 Å². The number of carboxylic acids is 1. The van der Waals surface area contributed by atoms with Crippen LogP contribution in [0.3, 0.4) is 0 Å². The van der Waals surface area contributed by atoms with E-state index in [-0.39, 0.29) is 18.1 Å². The first-order valence-electron chi connectivity index (χ1n) is 9.05. The van der Waals surface area contributed by atoms with Crippen molar-refractivity contribution < 1.29 is 24.2 Å². The predicted molar refractivity (Wildman–Crippen MR) is 123 cm³/mol. The summed E-state index contributed by atoms with van der Waals surface area (Å²) in [5, 5.41) is 9.82. The first kappa shape index (κ1) is 22.5. The Hall–Kier alpha value is -3.23. The second-order valence-corrected chi connectivity index (χ2v) is 7.77. The summed E-state index contributed by atoms with van der Waals surface area (Å²) < 4.78 is 10.9. The number of likely N-dealkylation sites (N-methyl/N-ethyl adjacent to an activating group) is 1. The zero-order valence-corrected chi connectivity index (χ0v) is 18.4. The second-order valence-electron chi connectivity index (χ2n) is 6.36. The number of carbonyl (C=O) groups is 2. The third-order valence-electron chi connectivity index (χ3n) is 4.24. The van der Waals surface area contributed by atoms with Crippen molar-refractivity contribution in [1.29, 1.82) is 0 Å². The minimum absolute atomic E-state index is 0.166. The zero-order chi connectivity index (χ0) is 22.5. The molecule has 1 N–H and O–H groups in total. The molecule has 31 heavy (non-hydrogen) atoms. The number of hydrogen-bond donors (Lipinski definition) is 1. The predicted octanol–water partition coefficient (Wildman–Crippen LogP) is 4.85. The van der Waals surface area contributed by atoms with Gasteiger partial charge in [0.25, 0.3) is 5.91 Å². The third-order valence-corrected chi connectivity index (χ3v) is 5.58. The van der Waals surface area contributed by atoms with Gasteiger partial charge < -0.3 is 14.6 Å². The van der Waals surface area contributed by atoms with E-state index in [9.17, 15) is 9.59 Å². The molecule has 1 aliphatic heterocycles. The van der Waals surface area contributed by atoms with Crippen molar-refractivity contribution in [3.63, 3.8) is 0 Å². The summed E-state index contributed by atoms with van der Waals surface area (Å²) >= 11 is 7.54. The van der Waals surface area contributed by atoms with Gasteiger partial charge in [-0.15, -0.1) is 0 Å². The summed E-state index contributed by atoms with van der Waals surface area (Å²) in [6, 6.07) is 9.51. The Morgan fingerprint density at radius 3 is 2.65 bits per heavy atom. The highest BCUT2D eigenvalue weighted by atomic mass is 35.5. The summed E-state index contributed by atoms with van der Waals surface area (Å²) in [6.07, 6.45) is 3.30. The SMILES string of the molecule is C=CCOc1c(Cl)cc(/C=C2/SC(=Nc3ccc(C(=O)O)cc3)N(C)C2=O)cc1OC. The van der Waals surface area contributed by atoms with Gasteiger partial charge in [0.05, 0.1) is 28.3 Å². The summed E-state index contributed by atoms with van der Waals surface area (Å²) in [7, 11) is 3.13. The maximum Gasteiger partial charge on any atom is 0.335 e. The molecule has 1 saturated heterocycles. The molecule has 1 heterocycles. The van der Waals surface area contributed by atoms with E-state index < -0.39 is 5.97 Å². The van der Waals surface area contributed by atoms with Crippen LogP contribution < -0.4 is 9.47 Å². The lowest BCUT2D eigenvalue weighted by atomic mass is 10.2. The summed E-state index contributed by atoms with van der Waals surface area (Å²) in [4.78, 5) is 30.0. The minimum Gasteiger partial charge on any atom is -0.493 e.